The Morgan fingerprint density at radius 3 is 2.26 bits per heavy atom. The molecule has 0 fully saturated rings. The molecule has 0 bridgehead atoms. The lowest BCUT2D eigenvalue weighted by Crippen LogP contribution is -2.43. The summed E-state index contributed by atoms with van der Waals surface area (Å²) in [7, 11) is 1.44. The fraction of sp³-hybridized carbons (Fsp3) is 0.565. The minimum absolute atomic E-state index is 0.0770. The molecule has 0 spiro atoms. The molecular weight excluding hydrogens is 400 g/mol. The van der Waals surface area contributed by atoms with Gasteiger partial charge in [0.15, 0.2) is 0 Å². The molecule has 1 aliphatic carbocycles. The Bertz CT molecular complexity index is 873. The third-order valence-electron chi connectivity index (χ3n) is 6.01. The number of rotatable bonds is 7. The molecule has 1 aliphatic rings. The Labute approximate surface area is 182 Å². The first-order chi connectivity index (χ1) is 14.4. The maximum Gasteiger partial charge on any atom is 0.311 e. The number of fused-ring (bicyclic) bond motifs is 1. The van der Waals surface area contributed by atoms with Crippen molar-refractivity contribution >= 4 is 23.8 Å². The molecule has 0 saturated carbocycles. The summed E-state index contributed by atoms with van der Waals surface area (Å²) >= 11 is 0. The molecule has 170 valence electrons. The normalized spacial score (nSPS) is 21.5. The van der Waals surface area contributed by atoms with Crippen LogP contribution in [0.3, 0.4) is 0 Å². The smallest absolute Gasteiger partial charge is 0.311 e. The van der Waals surface area contributed by atoms with Gasteiger partial charge in [-0.05, 0) is 41.4 Å². The van der Waals surface area contributed by atoms with Crippen molar-refractivity contribution in [2.24, 2.45) is 11.8 Å². The van der Waals surface area contributed by atoms with Crippen LogP contribution in [-0.2, 0) is 24.6 Å². The van der Waals surface area contributed by atoms with Crippen LogP contribution in [0.25, 0.3) is 0 Å². The number of carboxylic acid groups (broad SMARTS) is 2. The first-order valence-corrected chi connectivity index (χ1v) is 10.5. The fourth-order valence-electron chi connectivity index (χ4n) is 4.44. The molecule has 0 aliphatic heterocycles. The van der Waals surface area contributed by atoms with Gasteiger partial charge in [0, 0.05) is 13.6 Å². The second-order valence-electron chi connectivity index (χ2n) is 9.07. The quantitative estimate of drug-likeness (QED) is 0.522. The molecule has 0 saturated heterocycles. The van der Waals surface area contributed by atoms with Crippen LogP contribution in [0.1, 0.15) is 69.1 Å². The molecule has 8 nitrogen and oxygen atoms in total. The molecule has 2 rings (SSSR count). The number of carbonyl (C=O) groups is 4. The Balaban J connectivity index is 2.73. The zero-order valence-electron chi connectivity index (χ0n) is 18.7. The maximum atomic E-state index is 12.8. The van der Waals surface area contributed by atoms with E-state index in [1.807, 2.05) is 26.8 Å². The van der Waals surface area contributed by atoms with Crippen LogP contribution in [0, 0.1) is 11.8 Å². The van der Waals surface area contributed by atoms with Crippen molar-refractivity contribution < 1.29 is 29.4 Å². The van der Waals surface area contributed by atoms with Crippen LogP contribution in [-0.4, -0.2) is 47.6 Å². The van der Waals surface area contributed by atoms with Gasteiger partial charge in [0.05, 0.1) is 24.2 Å². The highest BCUT2D eigenvalue weighted by atomic mass is 16.4. The van der Waals surface area contributed by atoms with Gasteiger partial charge in [-0.15, -0.1) is 0 Å². The van der Waals surface area contributed by atoms with Gasteiger partial charge >= 0.3 is 11.9 Å². The van der Waals surface area contributed by atoms with Crippen LogP contribution >= 0.6 is 0 Å². The minimum atomic E-state index is -1.12. The van der Waals surface area contributed by atoms with Gasteiger partial charge in [-0.3, -0.25) is 19.2 Å². The molecule has 4 unspecified atom stereocenters. The van der Waals surface area contributed by atoms with Crippen LogP contribution in [0.5, 0.6) is 0 Å². The van der Waals surface area contributed by atoms with Gasteiger partial charge in [0.1, 0.15) is 0 Å². The number of amides is 2. The lowest BCUT2D eigenvalue weighted by molar-refractivity contribution is -0.145. The monoisotopic (exact) mass is 432 g/mol. The van der Waals surface area contributed by atoms with Crippen molar-refractivity contribution in [1.29, 1.82) is 0 Å². The predicted molar refractivity (Wildman–Crippen MR) is 115 cm³/mol. The van der Waals surface area contributed by atoms with Gasteiger partial charge in [-0.2, -0.15) is 0 Å². The number of aliphatic carboxylic acids is 2. The number of nitrogens with one attached hydrogen (secondary N) is 2. The summed E-state index contributed by atoms with van der Waals surface area (Å²) in [6, 6.07) is 5.48. The van der Waals surface area contributed by atoms with Gasteiger partial charge in [0.25, 0.3) is 0 Å². The largest absolute Gasteiger partial charge is 0.481 e. The topological polar surface area (TPSA) is 133 Å². The summed E-state index contributed by atoms with van der Waals surface area (Å²) < 4.78 is 0. The third kappa shape index (κ3) is 5.24. The highest BCUT2D eigenvalue weighted by Crippen LogP contribution is 2.48. The molecule has 1 aromatic rings. The number of carboxylic acids is 2. The lowest BCUT2D eigenvalue weighted by atomic mass is 9.64. The van der Waals surface area contributed by atoms with E-state index >= 15 is 0 Å². The average Bonchev–Trinajstić information content (AvgIpc) is 2.68. The van der Waals surface area contributed by atoms with E-state index in [2.05, 4.69) is 10.6 Å². The molecule has 1 aromatic carbocycles. The molecule has 0 aromatic heterocycles. The molecule has 8 heteroatoms. The Morgan fingerprint density at radius 2 is 1.77 bits per heavy atom. The highest BCUT2D eigenvalue weighted by molar-refractivity contribution is 5.90. The van der Waals surface area contributed by atoms with Crippen molar-refractivity contribution in [3.05, 3.63) is 34.9 Å². The molecule has 0 heterocycles. The van der Waals surface area contributed by atoms with Crippen LogP contribution in [0.2, 0.25) is 0 Å². The first kappa shape index (κ1) is 24.4. The third-order valence-corrected chi connectivity index (χ3v) is 6.01. The molecule has 31 heavy (non-hydrogen) atoms. The summed E-state index contributed by atoms with van der Waals surface area (Å²) in [5.41, 5.74) is 1.75. The molecule has 0 radical (unpaired) electrons. The molecule has 4 atom stereocenters. The van der Waals surface area contributed by atoms with Gasteiger partial charge in [-0.1, -0.05) is 39.0 Å². The first-order valence-electron chi connectivity index (χ1n) is 10.5. The zero-order chi connectivity index (χ0) is 23.5. The predicted octanol–water partition coefficient (Wildman–Crippen LogP) is 2.23. The number of hydrogen-bond acceptors (Lipinski definition) is 4. The van der Waals surface area contributed by atoms with E-state index in [-0.39, 0.29) is 11.8 Å². The molecule has 2 amide bonds. The summed E-state index contributed by atoms with van der Waals surface area (Å²) in [4.78, 5) is 49.2. The van der Waals surface area contributed by atoms with Crippen molar-refractivity contribution in [1.82, 2.24) is 10.6 Å². The highest BCUT2D eigenvalue weighted by Gasteiger charge is 2.46. The van der Waals surface area contributed by atoms with E-state index in [1.165, 1.54) is 7.05 Å². The standard InChI is InChI=1S/C23H32N2O6/c1-6-25-21(29)16(11-18(26)27)14-10-17(20(28)24-5)19(22(30)31)15-9-12(23(2,3)4)7-8-13(14)15/h7-9,14,16-17,19H,6,10-11H2,1-5H3,(H,24,28)(H,25,29)(H,26,27)(H,30,31). The molecular formula is C23H32N2O6. The number of benzene rings is 1. The zero-order valence-corrected chi connectivity index (χ0v) is 18.7. The fourth-order valence-corrected chi connectivity index (χ4v) is 4.44. The Morgan fingerprint density at radius 1 is 1.13 bits per heavy atom. The van der Waals surface area contributed by atoms with E-state index in [4.69, 9.17) is 0 Å². The summed E-state index contributed by atoms with van der Waals surface area (Å²) in [5.74, 6) is -6.59. The Hall–Kier alpha value is -2.90. The van der Waals surface area contributed by atoms with Crippen LogP contribution in [0.15, 0.2) is 18.2 Å². The van der Waals surface area contributed by atoms with Crippen LogP contribution in [0.4, 0.5) is 0 Å². The maximum absolute atomic E-state index is 12.8. The average molecular weight is 433 g/mol. The van der Waals surface area contributed by atoms with E-state index in [9.17, 15) is 29.4 Å². The molecule has 4 N–H and O–H groups in total. The van der Waals surface area contributed by atoms with E-state index < -0.39 is 53.8 Å². The van der Waals surface area contributed by atoms with Crippen LogP contribution < -0.4 is 10.6 Å². The van der Waals surface area contributed by atoms with Crippen molar-refractivity contribution in [2.45, 2.75) is 57.8 Å². The van der Waals surface area contributed by atoms with E-state index in [1.54, 1.807) is 19.1 Å². The minimum Gasteiger partial charge on any atom is -0.481 e. The Kier molecular flexibility index (Phi) is 7.46. The van der Waals surface area contributed by atoms with Gasteiger partial charge < -0.3 is 20.8 Å². The van der Waals surface area contributed by atoms with Crippen molar-refractivity contribution in [3.63, 3.8) is 0 Å². The lowest BCUT2D eigenvalue weighted by Gasteiger charge is -2.39. The van der Waals surface area contributed by atoms with E-state index in [0.717, 1.165) is 5.56 Å². The summed E-state index contributed by atoms with van der Waals surface area (Å²) in [6.07, 6.45) is -0.331. The summed E-state index contributed by atoms with van der Waals surface area (Å²) in [6.45, 7) is 8.09. The second-order valence-corrected chi connectivity index (χ2v) is 9.07. The van der Waals surface area contributed by atoms with Gasteiger partial charge in [-0.25, -0.2) is 0 Å². The van der Waals surface area contributed by atoms with Crippen molar-refractivity contribution in [2.75, 3.05) is 13.6 Å². The SMILES string of the molecule is CCNC(=O)C(CC(=O)O)C1CC(C(=O)NC)C(C(=O)O)c2cc(C(C)(C)C)ccc21. The second kappa shape index (κ2) is 9.49. The van der Waals surface area contributed by atoms with Gasteiger partial charge in [0.2, 0.25) is 11.8 Å². The summed E-state index contributed by atoms with van der Waals surface area (Å²) in [5, 5.41) is 24.7. The number of carbonyl (C=O) groups excluding carboxylic acids is 2. The van der Waals surface area contributed by atoms with E-state index in [0.29, 0.717) is 17.7 Å². The van der Waals surface area contributed by atoms with Crippen molar-refractivity contribution in [3.8, 4) is 0 Å². The number of hydrogen-bond donors (Lipinski definition) is 4.